The first kappa shape index (κ1) is 16.4. The fourth-order valence-corrected chi connectivity index (χ4v) is 2.75. The van der Waals surface area contributed by atoms with Crippen LogP contribution in [0.4, 0.5) is 0 Å². The molecule has 0 aliphatic carbocycles. The first-order chi connectivity index (χ1) is 11.7. The van der Waals surface area contributed by atoms with Crippen LogP contribution in [0.15, 0.2) is 48.7 Å². The summed E-state index contributed by atoms with van der Waals surface area (Å²) in [7, 11) is 0. The smallest absolute Gasteiger partial charge is 0.322 e. The number of benzene rings is 1. The van der Waals surface area contributed by atoms with E-state index >= 15 is 0 Å². The summed E-state index contributed by atoms with van der Waals surface area (Å²) in [5.41, 5.74) is 1.99. The maximum Gasteiger partial charge on any atom is 0.322 e. The van der Waals surface area contributed by atoms with Crippen LogP contribution in [-0.4, -0.2) is 46.6 Å². The average Bonchev–Trinajstić information content (AvgIpc) is 2.61. The molecule has 0 saturated carbocycles. The summed E-state index contributed by atoms with van der Waals surface area (Å²) in [5, 5.41) is 12.1. The molecule has 0 unspecified atom stereocenters. The van der Waals surface area contributed by atoms with Gasteiger partial charge in [-0.25, -0.2) is 0 Å². The van der Waals surface area contributed by atoms with Gasteiger partial charge in [-0.1, -0.05) is 18.2 Å². The molecule has 2 heterocycles. The number of piperazine rings is 1. The van der Waals surface area contributed by atoms with E-state index in [4.69, 9.17) is 9.84 Å². The van der Waals surface area contributed by atoms with Gasteiger partial charge in [-0.15, -0.1) is 0 Å². The number of nitrogens with one attached hydrogen (secondary N) is 1. The molecule has 1 aliphatic heterocycles. The molecule has 0 spiro atoms. The number of aliphatic carboxylic acids is 1. The Morgan fingerprint density at radius 1 is 1.33 bits per heavy atom. The maximum atomic E-state index is 11.1. The van der Waals surface area contributed by atoms with Gasteiger partial charge in [-0.05, 0) is 29.8 Å². The summed E-state index contributed by atoms with van der Waals surface area (Å²) in [4.78, 5) is 17.5. The monoisotopic (exact) mass is 327 g/mol. The van der Waals surface area contributed by atoms with E-state index in [-0.39, 0.29) is 0 Å². The van der Waals surface area contributed by atoms with Gasteiger partial charge in [-0.2, -0.15) is 0 Å². The van der Waals surface area contributed by atoms with Crippen LogP contribution in [-0.2, 0) is 17.9 Å². The molecule has 1 atom stereocenters. The molecule has 126 valence electrons. The molecule has 1 fully saturated rings. The Labute approximate surface area is 141 Å². The normalized spacial score (nSPS) is 18.2. The van der Waals surface area contributed by atoms with Crippen molar-refractivity contribution in [3.05, 3.63) is 59.9 Å². The van der Waals surface area contributed by atoms with Gasteiger partial charge >= 0.3 is 5.97 Å². The lowest BCUT2D eigenvalue weighted by Crippen LogP contribution is -2.53. The molecule has 24 heavy (non-hydrogen) atoms. The molecule has 0 bridgehead atoms. The third-order valence-electron chi connectivity index (χ3n) is 3.98. The highest BCUT2D eigenvalue weighted by Gasteiger charge is 2.24. The molecule has 6 nitrogen and oxygen atoms in total. The van der Waals surface area contributed by atoms with Crippen LogP contribution in [0.5, 0.6) is 5.75 Å². The molecule has 6 heteroatoms. The number of ether oxygens (including phenoxy) is 1. The van der Waals surface area contributed by atoms with Crippen LogP contribution in [0.25, 0.3) is 0 Å². The molecular formula is C18H21N3O3. The van der Waals surface area contributed by atoms with E-state index in [0.717, 1.165) is 23.6 Å². The number of nitrogens with zero attached hydrogens (tertiary/aromatic N) is 2. The van der Waals surface area contributed by atoms with Crippen molar-refractivity contribution >= 4 is 5.97 Å². The van der Waals surface area contributed by atoms with E-state index in [2.05, 4.69) is 15.2 Å². The lowest BCUT2D eigenvalue weighted by molar-refractivity contribution is -0.140. The number of pyridine rings is 1. The molecule has 0 radical (unpaired) electrons. The molecule has 3 rings (SSSR count). The second-order valence-corrected chi connectivity index (χ2v) is 5.84. The fourth-order valence-electron chi connectivity index (χ4n) is 2.75. The van der Waals surface area contributed by atoms with E-state index in [1.54, 1.807) is 6.20 Å². The van der Waals surface area contributed by atoms with Crippen molar-refractivity contribution in [2.24, 2.45) is 0 Å². The van der Waals surface area contributed by atoms with Gasteiger partial charge in [0.25, 0.3) is 0 Å². The van der Waals surface area contributed by atoms with E-state index in [9.17, 15) is 4.79 Å². The molecule has 2 aromatic rings. The number of hydrogen-bond donors (Lipinski definition) is 2. The Bertz CT molecular complexity index is 678. The fraction of sp³-hybridized carbons (Fsp3) is 0.333. The first-order valence-corrected chi connectivity index (χ1v) is 8.01. The van der Waals surface area contributed by atoms with Crippen LogP contribution in [0.1, 0.15) is 11.3 Å². The predicted octanol–water partition coefficient (Wildman–Crippen LogP) is 1.52. The summed E-state index contributed by atoms with van der Waals surface area (Å²) in [5.74, 6) is -0.00443. The zero-order valence-corrected chi connectivity index (χ0v) is 13.4. The lowest BCUT2D eigenvalue weighted by atomic mass is 10.1. The maximum absolute atomic E-state index is 11.1. The standard InChI is InChI=1S/C18H21N3O3/c22-18(23)17-12-21(9-8-20-17)11-14-4-3-6-16(10-14)24-13-15-5-1-2-7-19-15/h1-7,10,17,20H,8-9,11-13H2,(H,22,23)/t17-/m1/s1. The molecule has 1 aromatic carbocycles. The summed E-state index contributed by atoms with van der Waals surface area (Å²) in [6.07, 6.45) is 1.75. The molecule has 0 amide bonds. The summed E-state index contributed by atoms with van der Waals surface area (Å²) >= 11 is 0. The quantitative estimate of drug-likeness (QED) is 0.838. The van der Waals surface area contributed by atoms with Crippen molar-refractivity contribution < 1.29 is 14.6 Å². The van der Waals surface area contributed by atoms with E-state index in [1.807, 2.05) is 42.5 Å². The lowest BCUT2D eigenvalue weighted by Gasteiger charge is -2.31. The van der Waals surface area contributed by atoms with Gasteiger partial charge in [0.05, 0.1) is 5.69 Å². The zero-order valence-electron chi connectivity index (χ0n) is 13.4. The summed E-state index contributed by atoms with van der Waals surface area (Å²) < 4.78 is 5.79. The van der Waals surface area contributed by atoms with Crippen molar-refractivity contribution in [1.82, 2.24) is 15.2 Å². The van der Waals surface area contributed by atoms with Gasteiger partial charge in [-0.3, -0.25) is 14.7 Å². The number of aromatic nitrogens is 1. The van der Waals surface area contributed by atoms with Gasteiger partial charge in [0.2, 0.25) is 0 Å². The van der Waals surface area contributed by atoms with Crippen LogP contribution >= 0.6 is 0 Å². The van der Waals surface area contributed by atoms with Crippen molar-refractivity contribution in [3.8, 4) is 5.75 Å². The largest absolute Gasteiger partial charge is 0.487 e. The Balaban J connectivity index is 1.58. The average molecular weight is 327 g/mol. The van der Waals surface area contributed by atoms with Gasteiger partial charge in [0.15, 0.2) is 0 Å². The Morgan fingerprint density at radius 3 is 3.04 bits per heavy atom. The van der Waals surface area contributed by atoms with Crippen molar-refractivity contribution in [3.63, 3.8) is 0 Å². The molecule has 1 aliphatic rings. The number of carboxylic acids is 1. The van der Waals surface area contributed by atoms with Gasteiger partial charge < -0.3 is 15.2 Å². The Kier molecular flexibility index (Phi) is 5.40. The number of rotatable bonds is 6. The number of carbonyl (C=O) groups is 1. The summed E-state index contributed by atoms with van der Waals surface area (Å²) in [6.45, 7) is 3.18. The van der Waals surface area contributed by atoms with Gasteiger partial charge in [0.1, 0.15) is 18.4 Å². The predicted molar refractivity (Wildman–Crippen MR) is 89.7 cm³/mol. The molecule has 1 aromatic heterocycles. The van der Waals surface area contributed by atoms with E-state index in [0.29, 0.717) is 26.2 Å². The zero-order chi connectivity index (χ0) is 16.8. The molecule has 1 saturated heterocycles. The minimum Gasteiger partial charge on any atom is -0.487 e. The van der Waals surface area contributed by atoms with Crippen LogP contribution in [0.2, 0.25) is 0 Å². The number of hydrogen-bond acceptors (Lipinski definition) is 5. The van der Waals surface area contributed by atoms with Crippen LogP contribution in [0, 0.1) is 0 Å². The minimum atomic E-state index is -0.799. The van der Waals surface area contributed by atoms with Crippen molar-refractivity contribution in [1.29, 1.82) is 0 Å². The van der Waals surface area contributed by atoms with Gasteiger partial charge in [0, 0.05) is 32.4 Å². The van der Waals surface area contributed by atoms with Crippen LogP contribution < -0.4 is 10.1 Å². The second kappa shape index (κ2) is 7.90. The highest BCUT2D eigenvalue weighted by atomic mass is 16.5. The Hall–Kier alpha value is -2.44. The molecule has 2 N–H and O–H groups in total. The summed E-state index contributed by atoms with van der Waals surface area (Å²) in [6, 6.07) is 13.2. The molecular weight excluding hydrogens is 306 g/mol. The van der Waals surface area contributed by atoms with E-state index < -0.39 is 12.0 Å². The van der Waals surface area contributed by atoms with Crippen LogP contribution in [0.3, 0.4) is 0 Å². The first-order valence-electron chi connectivity index (χ1n) is 8.01. The topological polar surface area (TPSA) is 74.7 Å². The highest BCUT2D eigenvalue weighted by molar-refractivity contribution is 5.73. The van der Waals surface area contributed by atoms with Crippen molar-refractivity contribution in [2.45, 2.75) is 19.2 Å². The SMILES string of the molecule is O=C(O)[C@H]1CN(Cc2cccc(OCc3ccccn3)c2)CCN1. The third kappa shape index (κ3) is 4.53. The third-order valence-corrected chi connectivity index (χ3v) is 3.98. The van der Waals surface area contributed by atoms with E-state index in [1.165, 1.54) is 0 Å². The number of carboxylic acid groups (broad SMARTS) is 1. The minimum absolute atomic E-state index is 0.430. The van der Waals surface area contributed by atoms with Crippen molar-refractivity contribution in [2.75, 3.05) is 19.6 Å². The second-order valence-electron chi connectivity index (χ2n) is 5.84. The highest BCUT2D eigenvalue weighted by Crippen LogP contribution is 2.17. The Morgan fingerprint density at radius 2 is 2.25 bits per heavy atom.